The summed E-state index contributed by atoms with van der Waals surface area (Å²) in [6, 6.07) is 20.2. The monoisotopic (exact) mass is 611 g/mol. The number of hydrogen-bond acceptors (Lipinski definition) is 7. The van der Waals surface area contributed by atoms with Gasteiger partial charge in [-0.25, -0.2) is 4.79 Å². The quantitative estimate of drug-likeness (QED) is 0.121. The molecular weight excluding hydrogens is 582 g/mol. The number of methoxy groups -OCH3 is 1. The number of ether oxygens (including phenoxy) is 4. The Morgan fingerprint density at radius 3 is 2.34 bits per heavy atom. The lowest BCUT2D eigenvalue weighted by molar-refractivity contribution is -0.185. The van der Waals surface area contributed by atoms with Gasteiger partial charge in [0.25, 0.3) is 0 Å². The van der Waals surface area contributed by atoms with Crippen molar-refractivity contribution in [3.8, 4) is 11.5 Å². The minimum absolute atomic E-state index is 0.246. The second kappa shape index (κ2) is 11.0. The average molecular weight is 612 g/mol. The van der Waals surface area contributed by atoms with Crippen LogP contribution in [-0.2, 0) is 26.1 Å². The number of halogens is 1. The zero-order chi connectivity index (χ0) is 31.3. The molecule has 9 heteroatoms. The molecule has 0 aliphatic carbocycles. The molecule has 0 saturated heterocycles. The van der Waals surface area contributed by atoms with Crippen molar-refractivity contribution in [2.24, 2.45) is 7.05 Å². The van der Waals surface area contributed by atoms with Gasteiger partial charge in [0.05, 0.1) is 29.1 Å². The van der Waals surface area contributed by atoms with Crippen LogP contribution in [0.5, 0.6) is 11.5 Å². The number of fused-ring (bicyclic) bond motifs is 5. The van der Waals surface area contributed by atoms with Gasteiger partial charge in [-0.3, -0.25) is 9.59 Å². The molecule has 1 aliphatic heterocycles. The van der Waals surface area contributed by atoms with E-state index < -0.39 is 29.7 Å². The van der Waals surface area contributed by atoms with Gasteiger partial charge in [0, 0.05) is 36.5 Å². The number of aryl methyl sites for hydroxylation is 1. The summed E-state index contributed by atoms with van der Waals surface area (Å²) >= 11 is 5.97. The predicted octanol–water partition coefficient (Wildman–Crippen LogP) is 6.91. The van der Waals surface area contributed by atoms with Crippen LogP contribution >= 0.6 is 11.6 Å². The SMILES string of the molecule is COc1cc2c(c3c1c(=O)c1cc4ccccc4cc1n3C)[C@@H](OC(C)=O)[C@@H](OC(=O)/C=C/c1ccc(Cl)cc1)C(C)(C)O2. The van der Waals surface area contributed by atoms with Crippen molar-refractivity contribution < 1.29 is 28.5 Å². The number of carbonyl (C=O) groups is 2. The second-order valence-corrected chi connectivity index (χ2v) is 11.7. The highest BCUT2D eigenvalue weighted by atomic mass is 35.5. The van der Waals surface area contributed by atoms with Crippen molar-refractivity contribution >= 4 is 62.2 Å². The Morgan fingerprint density at radius 1 is 1.00 bits per heavy atom. The third-order valence-corrected chi connectivity index (χ3v) is 8.21. The smallest absolute Gasteiger partial charge is 0.331 e. The highest BCUT2D eigenvalue weighted by Crippen LogP contribution is 2.49. The first-order valence-corrected chi connectivity index (χ1v) is 14.4. The molecule has 1 aromatic heterocycles. The Morgan fingerprint density at radius 2 is 1.68 bits per heavy atom. The lowest BCUT2D eigenvalue weighted by atomic mass is 9.86. The summed E-state index contributed by atoms with van der Waals surface area (Å²) in [6.07, 6.45) is 0.723. The van der Waals surface area contributed by atoms with E-state index in [-0.39, 0.29) is 5.43 Å². The van der Waals surface area contributed by atoms with E-state index in [1.165, 1.54) is 20.1 Å². The summed E-state index contributed by atoms with van der Waals surface area (Å²) in [5.41, 5.74) is 0.893. The highest BCUT2D eigenvalue weighted by Gasteiger charge is 2.50. The topological polar surface area (TPSA) is 93.1 Å². The van der Waals surface area contributed by atoms with Crippen LogP contribution in [0.4, 0.5) is 0 Å². The molecule has 224 valence electrons. The van der Waals surface area contributed by atoms with Crippen molar-refractivity contribution in [3.05, 3.63) is 99.2 Å². The zero-order valence-electron chi connectivity index (χ0n) is 24.8. The number of carbonyl (C=O) groups excluding carboxylic acids is 2. The summed E-state index contributed by atoms with van der Waals surface area (Å²) in [7, 11) is 3.32. The molecule has 8 nitrogen and oxygen atoms in total. The Hall–Kier alpha value is -4.82. The van der Waals surface area contributed by atoms with E-state index in [9.17, 15) is 14.4 Å². The van der Waals surface area contributed by atoms with Crippen molar-refractivity contribution in [2.45, 2.75) is 38.6 Å². The summed E-state index contributed by atoms with van der Waals surface area (Å²) in [5.74, 6) is -0.583. The fourth-order valence-corrected chi connectivity index (χ4v) is 6.06. The van der Waals surface area contributed by atoms with E-state index in [0.29, 0.717) is 43.9 Å². The molecule has 0 spiro atoms. The highest BCUT2D eigenvalue weighted by molar-refractivity contribution is 6.30. The first-order valence-electron chi connectivity index (χ1n) is 14.0. The van der Waals surface area contributed by atoms with E-state index in [1.54, 1.807) is 50.3 Å². The Labute approximate surface area is 258 Å². The Balaban J connectivity index is 1.56. The molecule has 44 heavy (non-hydrogen) atoms. The number of hydrogen-bond donors (Lipinski definition) is 0. The van der Waals surface area contributed by atoms with Crippen molar-refractivity contribution in [2.75, 3.05) is 7.11 Å². The van der Waals surface area contributed by atoms with Crippen LogP contribution in [0.25, 0.3) is 38.7 Å². The van der Waals surface area contributed by atoms with E-state index in [2.05, 4.69) is 0 Å². The molecule has 6 rings (SSSR count). The zero-order valence-corrected chi connectivity index (χ0v) is 25.6. The molecule has 1 aliphatic rings. The molecule has 0 N–H and O–H groups in total. The minimum Gasteiger partial charge on any atom is -0.496 e. The third-order valence-electron chi connectivity index (χ3n) is 7.95. The van der Waals surface area contributed by atoms with E-state index in [0.717, 1.165) is 16.3 Å². The largest absolute Gasteiger partial charge is 0.496 e. The Kier molecular flexibility index (Phi) is 7.33. The molecule has 0 amide bonds. The van der Waals surface area contributed by atoms with Crippen LogP contribution < -0.4 is 14.9 Å². The maximum absolute atomic E-state index is 14.2. The summed E-state index contributed by atoms with van der Waals surface area (Å²) in [5, 5.41) is 3.26. The third kappa shape index (κ3) is 5.05. The van der Waals surface area contributed by atoms with Crippen molar-refractivity contribution in [1.29, 1.82) is 0 Å². The average Bonchev–Trinajstić information content (AvgIpc) is 2.99. The van der Waals surface area contributed by atoms with Crippen LogP contribution in [0, 0.1) is 0 Å². The standard InChI is InChI=1S/C35H30ClNO7/c1-19(38)42-33-30-27(44-35(2,3)34(33)43-28(39)15-12-20-10-13-23(36)14-11-20)18-26(41-5)29-31(30)37(4)25-17-22-9-7-6-8-21(22)16-24(25)32(29)40/h6-18,33-34H,1-5H3/b15-12+/t33-,34-/m1/s1. The molecule has 0 unspecified atom stereocenters. The maximum Gasteiger partial charge on any atom is 0.331 e. The first-order chi connectivity index (χ1) is 21.0. The molecular formula is C35H30ClNO7. The van der Waals surface area contributed by atoms with Gasteiger partial charge in [-0.05, 0) is 60.5 Å². The van der Waals surface area contributed by atoms with Crippen molar-refractivity contribution in [1.82, 2.24) is 4.57 Å². The summed E-state index contributed by atoms with van der Waals surface area (Å²) < 4.78 is 25.9. The Bertz CT molecular complexity index is 2060. The fraction of sp³-hybridized carbons (Fsp3) is 0.229. The van der Waals surface area contributed by atoms with Crippen LogP contribution in [0.15, 0.2) is 77.6 Å². The van der Waals surface area contributed by atoms with Gasteiger partial charge in [0.15, 0.2) is 12.2 Å². The molecule has 0 bridgehead atoms. The predicted molar refractivity (Wildman–Crippen MR) is 170 cm³/mol. The van der Waals surface area contributed by atoms with Gasteiger partial charge in [-0.15, -0.1) is 0 Å². The van der Waals surface area contributed by atoms with E-state index >= 15 is 0 Å². The molecule has 4 aromatic carbocycles. The second-order valence-electron chi connectivity index (χ2n) is 11.3. The van der Waals surface area contributed by atoms with Crippen molar-refractivity contribution in [3.63, 3.8) is 0 Å². The molecule has 0 radical (unpaired) electrons. The number of esters is 2. The van der Waals surface area contributed by atoms with E-state index in [4.69, 9.17) is 30.5 Å². The van der Waals surface area contributed by atoms with Crippen LogP contribution in [0.1, 0.15) is 38.0 Å². The molecule has 2 atom stereocenters. The number of benzene rings is 4. The van der Waals surface area contributed by atoms with Gasteiger partial charge in [-0.2, -0.15) is 0 Å². The number of rotatable bonds is 5. The van der Waals surface area contributed by atoms with Gasteiger partial charge < -0.3 is 23.5 Å². The van der Waals surface area contributed by atoms with Crippen LogP contribution in [0.3, 0.4) is 0 Å². The normalized spacial score (nSPS) is 17.4. The number of pyridine rings is 1. The molecule has 5 aromatic rings. The number of aromatic nitrogens is 1. The molecule has 2 heterocycles. The van der Waals surface area contributed by atoms with Gasteiger partial charge in [-0.1, -0.05) is 48.0 Å². The van der Waals surface area contributed by atoms with Crippen LogP contribution in [0.2, 0.25) is 5.02 Å². The van der Waals surface area contributed by atoms with Gasteiger partial charge >= 0.3 is 11.9 Å². The lowest BCUT2D eigenvalue weighted by Gasteiger charge is -2.43. The minimum atomic E-state index is -1.14. The molecule has 0 fully saturated rings. The summed E-state index contributed by atoms with van der Waals surface area (Å²) in [6.45, 7) is 4.78. The van der Waals surface area contributed by atoms with Gasteiger partial charge in [0.1, 0.15) is 17.1 Å². The first kappa shape index (κ1) is 29.3. The maximum atomic E-state index is 14.2. The lowest BCUT2D eigenvalue weighted by Crippen LogP contribution is -2.52. The van der Waals surface area contributed by atoms with E-state index in [1.807, 2.05) is 48.0 Å². The fourth-order valence-electron chi connectivity index (χ4n) is 5.93. The van der Waals surface area contributed by atoms with Gasteiger partial charge in [0.2, 0.25) is 5.43 Å². The molecule has 0 saturated carbocycles. The number of nitrogens with zero attached hydrogens (tertiary/aromatic N) is 1. The van der Waals surface area contributed by atoms with Crippen LogP contribution in [-0.4, -0.2) is 35.3 Å². The summed E-state index contributed by atoms with van der Waals surface area (Å²) in [4.78, 5) is 39.9.